The minimum Gasteiger partial charge on any atom is -0.341 e. The van der Waals surface area contributed by atoms with Crippen molar-refractivity contribution in [3.05, 3.63) is 131 Å². The maximum Gasteiger partial charge on any atom is 0.416 e. The highest BCUT2D eigenvalue weighted by molar-refractivity contribution is 6.13. The third kappa shape index (κ3) is 5.68. The number of hydrogen-bond donors (Lipinski definition) is 0. The Morgan fingerprint density at radius 1 is 0.333 bits per heavy atom. The number of alkyl halides is 12. The number of hydrogen-bond acceptors (Lipinski definition) is 0. The van der Waals surface area contributed by atoms with Gasteiger partial charge in [-0.1, -0.05) is 0 Å². The van der Waals surface area contributed by atoms with Gasteiger partial charge in [-0.25, -0.2) is 0 Å². The summed E-state index contributed by atoms with van der Waals surface area (Å²) < 4.78 is 171. The largest absolute Gasteiger partial charge is 0.416 e. The quantitative estimate of drug-likeness (QED) is 0.158. The van der Waals surface area contributed by atoms with Crippen molar-refractivity contribution in [2.45, 2.75) is 38.2 Å². The summed E-state index contributed by atoms with van der Waals surface area (Å²) in [6, 6.07) is 22.0. The lowest BCUT2D eigenvalue weighted by Gasteiger charge is -2.11. The van der Waals surface area contributed by atoms with Gasteiger partial charge in [0.2, 0.25) is 0 Å². The van der Waals surface area contributed by atoms with E-state index in [1.807, 2.05) is 11.5 Å². The van der Waals surface area contributed by atoms with Gasteiger partial charge in [-0.2, -0.15) is 52.7 Å². The highest BCUT2D eigenvalue weighted by Crippen LogP contribution is 2.43. The average molecular weight is 798 g/mol. The molecule has 0 saturated carbocycles. The van der Waals surface area contributed by atoms with Crippen molar-refractivity contribution in [3.8, 4) is 11.4 Å². The molecule has 0 amide bonds. The highest BCUT2D eigenvalue weighted by Gasteiger charge is 2.35. The van der Waals surface area contributed by atoms with E-state index in [4.69, 9.17) is 0 Å². The van der Waals surface area contributed by atoms with Gasteiger partial charge in [0.15, 0.2) is 0 Å². The third-order valence-electron chi connectivity index (χ3n) is 10.5. The molecule has 3 nitrogen and oxygen atoms in total. The van der Waals surface area contributed by atoms with Crippen molar-refractivity contribution >= 4 is 65.4 Å². The Morgan fingerprint density at radius 2 is 0.579 bits per heavy atom. The molecule has 0 saturated heterocycles. The summed E-state index contributed by atoms with van der Waals surface area (Å²) in [5.74, 6) is 0. The van der Waals surface area contributed by atoms with E-state index in [1.54, 1.807) is 45.5 Å². The Balaban J connectivity index is 1.31. The van der Waals surface area contributed by atoms with E-state index < -0.39 is 47.0 Å². The maximum absolute atomic E-state index is 13.8. The fourth-order valence-corrected chi connectivity index (χ4v) is 8.01. The minimum atomic E-state index is -4.76. The van der Waals surface area contributed by atoms with E-state index in [-0.39, 0.29) is 43.6 Å². The lowest BCUT2D eigenvalue weighted by molar-refractivity contribution is -0.138. The lowest BCUT2D eigenvalue weighted by Crippen LogP contribution is -2.04. The molecule has 15 heteroatoms. The predicted octanol–water partition coefficient (Wildman–Crippen LogP) is 14.1. The Labute approximate surface area is 312 Å². The van der Waals surface area contributed by atoms with Crippen molar-refractivity contribution in [1.82, 2.24) is 13.7 Å². The Kier molecular flexibility index (Phi) is 7.65. The van der Waals surface area contributed by atoms with E-state index in [9.17, 15) is 52.7 Å². The molecule has 0 aliphatic heterocycles. The van der Waals surface area contributed by atoms with E-state index >= 15 is 0 Å². The number of aromatic nitrogens is 3. The van der Waals surface area contributed by atoms with Crippen LogP contribution in [0.15, 0.2) is 109 Å². The summed E-state index contributed by atoms with van der Waals surface area (Å²) in [5, 5.41) is 1.08. The Bertz CT molecular complexity index is 2760. The number of benzene rings is 6. The molecule has 0 spiro atoms. The first-order chi connectivity index (χ1) is 26.7. The molecule has 9 aromatic rings. The van der Waals surface area contributed by atoms with Gasteiger partial charge in [0.25, 0.3) is 0 Å². The monoisotopic (exact) mass is 797 g/mol. The topological polar surface area (TPSA) is 14.8 Å². The second-order valence-electron chi connectivity index (χ2n) is 13.7. The van der Waals surface area contributed by atoms with Gasteiger partial charge in [0.1, 0.15) is 0 Å². The van der Waals surface area contributed by atoms with Crippen molar-refractivity contribution in [2.24, 2.45) is 0 Å². The van der Waals surface area contributed by atoms with Crippen LogP contribution in [0.3, 0.4) is 0 Å². The molecule has 290 valence electrons. The first-order valence-corrected chi connectivity index (χ1v) is 17.3. The molecule has 0 bridgehead atoms. The SMILES string of the molecule is CCn1c2ccc(-n3c4ccc(C(F)(F)F)cc4c4cc(C(F)(F)F)ccc43)cc2c2cc(-n3c4ccc(C(F)(F)F)cc4c4cc(C(F)(F)F)ccc43)ccc21. The summed E-state index contributed by atoms with van der Waals surface area (Å²) >= 11 is 0. The van der Waals surface area contributed by atoms with Crippen LogP contribution in [0.2, 0.25) is 0 Å². The smallest absolute Gasteiger partial charge is 0.341 e. The van der Waals surface area contributed by atoms with Crippen LogP contribution in [0.1, 0.15) is 29.2 Å². The second-order valence-corrected chi connectivity index (χ2v) is 13.7. The predicted molar refractivity (Wildman–Crippen MR) is 194 cm³/mol. The second kappa shape index (κ2) is 11.9. The van der Waals surface area contributed by atoms with Gasteiger partial charge in [-0.3, -0.25) is 0 Å². The zero-order valence-corrected chi connectivity index (χ0v) is 29.0. The van der Waals surface area contributed by atoms with Crippen LogP contribution in [0.4, 0.5) is 52.7 Å². The Morgan fingerprint density at radius 3 is 0.825 bits per heavy atom. The normalized spacial score (nSPS) is 13.4. The molecule has 6 aromatic carbocycles. The van der Waals surface area contributed by atoms with Crippen molar-refractivity contribution < 1.29 is 52.7 Å². The zero-order valence-electron chi connectivity index (χ0n) is 29.0. The molecule has 0 N–H and O–H groups in total. The molecule has 0 aliphatic rings. The molecule has 0 unspecified atom stereocenters. The zero-order chi connectivity index (χ0) is 40.6. The van der Waals surface area contributed by atoms with E-state index in [0.717, 1.165) is 59.6 Å². The summed E-state index contributed by atoms with van der Waals surface area (Å²) in [6.45, 7) is 2.37. The number of aryl methyl sites for hydroxylation is 1. The highest BCUT2D eigenvalue weighted by atomic mass is 19.4. The van der Waals surface area contributed by atoms with Crippen molar-refractivity contribution in [2.75, 3.05) is 0 Å². The Hall–Kier alpha value is -6.12. The summed E-state index contributed by atoms with van der Waals surface area (Å²) in [4.78, 5) is 0. The molecule has 0 fully saturated rings. The molecule has 0 radical (unpaired) electrons. The molecule has 3 heterocycles. The summed E-state index contributed by atoms with van der Waals surface area (Å²) in [6.07, 6.45) is -19.1. The molecule has 3 aromatic heterocycles. The van der Waals surface area contributed by atoms with E-state index in [2.05, 4.69) is 0 Å². The number of halogens is 12. The molecular weight excluding hydrogens is 774 g/mol. The standard InChI is InChI=1S/C42H23F12N3/c1-2-55-33-13-7-25(56-35-9-3-21(39(43,44)45)15-27(35)28-16-22(40(46,47)48)4-10-36(28)56)19-31(33)32-20-26(8-14-34(32)55)57-37-11-5-23(41(49,50)51)17-29(37)30-18-24(42(52,53)54)6-12-38(30)57/h3-20H,2H2,1H3. The first kappa shape index (κ1) is 36.5. The van der Waals surface area contributed by atoms with Crippen LogP contribution in [-0.4, -0.2) is 13.7 Å². The molecule has 9 rings (SSSR count). The van der Waals surface area contributed by atoms with Crippen LogP contribution in [-0.2, 0) is 31.2 Å². The summed E-state index contributed by atoms with van der Waals surface area (Å²) in [7, 11) is 0. The maximum atomic E-state index is 13.8. The van der Waals surface area contributed by atoms with Crippen molar-refractivity contribution in [1.29, 1.82) is 0 Å². The van der Waals surface area contributed by atoms with E-state index in [1.165, 1.54) is 24.3 Å². The van der Waals surface area contributed by atoms with Crippen LogP contribution >= 0.6 is 0 Å². The fourth-order valence-electron chi connectivity index (χ4n) is 8.01. The minimum absolute atomic E-state index is 0.0435. The number of fused-ring (bicyclic) bond motifs is 9. The third-order valence-corrected chi connectivity index (χ3v) is 10.5. The molecule has 57 heavy (non-hydrogen) atoms. The van der Waals surface area contributed by atoms with Gasteiger partial charge < -0.3 is 13.7 Å². The van der Waals surface area contributed by atoms with Crippen LogP contribution in [0, 0.1) is 0 Å². The number of nitrogens with zero attached hydrogens (tertiary/aromatic N) is 3. The first-order valence-electron chi connectivity index (χ1n) is 17.3. The van der Waals surface area contributed by atoms with Gasteiger partial charge in [0, 0.05) is 61.3 Å². The van der Waals surface area contributed by atoms with Crippen LogP contribution in [0.5, 0.6) is 0 Å². The van der Waals surface area contributed by atoms with Gasteiger partial charge in [-0.15, -0.1) is 0 Å². The average Bonchev–Trinajstić information content (AvgIpc) is 3.76. The molecule has 0 aliphatic carbocycles. The number of rotatable bonds is 3. The fraction of sp³-hybridized carbons (Fsp3) is 0.143. The van der Waals surface area contributed by atoms with Crippen LogP contribution < -0.4 is 0 Å². The molecule has 0 atom stereocenters. The van der Waals surface area contributed by atoms with E-state index in [0.29, 0.717) is 28.7 Å². The van der Waals surface area contributed by atoms with Crippen LogP contribution in [0.25, 0.3) is 76.8 Å². The lowest BCUT2D eigenvalue weighted by atomic mass is 10.1. The van der Waals surface area contributed by atoms with Gasteiger partial charge in [-0.05, 0) is 116 Å². The van der Waals surface area contributed by atoms with Crippen molar-refractivity contribution in [3.63, 3.8) is 0 Å². The summed E-state index contributed by atoms with van der Waals surface area (Å²) in [5.41, 5.74) is -0.973. The van der Waals surface area contributed by atoms with Gasteiger partial charge in [0.05, 0.1) is 44.3 Å². The molecular formula is C42H23F12N3. The van der Waals surface area contributed by atoms with Gasteiger partial charge >= 0.3 is 24.7 Å².